The maximum Gasteiger partial charge on any atom is 0.252 e. The molecule has 0 aromatic carbocycles. The smallest absolute Gasteiger partial charge is 0.252 e. The van der Waals surface area contributed by atoms with Crippen LogP contribution in [0.1, 0.15) is 11.4 Å². The van der Waals surface area contributed by atoms with Gasteiger partial charge in [-0.15, -0.1) is 0 Å². The van der Waals surface area contributed by atoms with Crippen molar-refractivity contribution in [1.82, 2.24) is 15.0 Å². The van der Waals surface area contributed by atoms with Crippen LogP contribution >= 0.6 is 0 Å². The number of aromatic amines is 1. The van der Waals surface area contributed by atoms with Gasteiger partial charge in [0.1, 0.15) is 11.6 Å². The largest absolute Gasteiger partial charge is 0.481 e. The van der Waals surface area contributed by atoms with E-state index < -0.39 is 0 Å². The summed E-state index contributed by atoms with van der Waals surface area (Å²) in [4.78, 5) is 22.0. The molecule has 0 unspecified atom stereocenters. The highest BCUT2D eigenvalue weighted by atomic mass is 16.5. The molecule has 18 heavy (non-hydrogen) atoms. The molecule has 6 heteroatoms. The first-order valence-corrected chi connectivity index (χ1v) is 5.48. The molecule has 0 saturated carbocycles. The molecule has 94 valence electrons. The van der Waals surface area contributed by atoms with Crippen LogP contribution in [0.2, 0.25) is 0 Å². The van der Waals surface area contributed by atoms with Crippen molar-refractivity contribution >= 4 is 5.82 Å². The Labute approximate surface area is 104 Å². The second-order valence-electron chi connectivity index (χ2n) is 3.78. The molecule has 2 aromatic heterocycles. The fourth-order valence-electron chi connectivity index (χ4n) is 1.53. The van der Waals surface area contributed by atoms with Crippen molar-refractivity contribution in [2.45, 2.75) is 13.5 Å². The van der Waals surface area contributed by atoms with Crippen molar-refractivity contribution in [3.63, 3.8) is 0 Å². The van der Waals surface area contributed by atoms with Crippen molar-refractivity contribution < 1.29 is 4.74 Å². The standard InChI is InChI=1S/C12H14N4O2/c1-8-15-10(6-11(17)16-8)14-7-9-3-4-13-12(5-9)18-2/h3-6H,7H2,1-2H3,(H2,14,15,16,17). The van der Waals surface area contributed by atoms with E-state index in [1.165, 1.54) is 6.07 Å². The zero-order valence-corrected chi connectivity index (χ0v) is 10.2. The van der Waals surface area contributed by atoms with Gasteiger partial charge in [-0.3, -0.25) is 4.79 Å². The van der Waals surface area contributed by atoms with Crippen LogP contribution in [0, 0.1) is 6.92 Å². The van der Waals surface area contributed by atoms with Crippen LogP contribution in [-0.4, -0.2) is 22.1 Å². The molecule has 0 spiro atoms. The molecule has 0 bridgehead atoms. The summed E-state index contributed by atoms with van der Waals surface area (Å²) in [6.45, 7) is 2.29. The third kappa shape index (κ3) is 3.07. The highest BCUT2D eigenvalue weighted by Crippen LogP contribution is 2.10. The molecule has 2 heterocycles. The zero-order chi connectivity index (χ0) is 13.0. The van der Waals surface area contributed by atoms with Crippen LogP contribution in [0.15, 0.2) is 29.2 Å². The van der Waals surface area contributed by atoms with Crippen molar-refractivity contribution in [3.05, 3.63) is 46.1 Å². The average molecular weight is 246 g/mol. The van der Waals surface area contributed by atoms with Gasteiger partial charge in [0.25, 0.3) is 5.56 Å². The van der Waals surface area contributed by atoms with E-state index in [1.54, 1.807) is 20.2 Å². The minimum atomic E-state index is -0.169. The third-order valence-corrected chi connectivity index (χ3v) is 2.34. The number of ether oxygens (including phenoxy) is 1. The highest BCUT2D eigenvalue weighted by molar-refractivity contribution is 5.34. The molecule has 6 nitrogen and oxygen atoms in total. The predicted molar refractivity (Wildman–Crippen MR) is 67.7 cm³/mol. The number of aryl methyl sites for hydroxylation is 1. The summed E-state index contributed by atoms with van der Waals surface area (Å²) < 4.78 is 5.04. The molecule has 0 saturated heterocycles. The van der Waals surface area contributed by atoms with Crippen LogP contribution in [0.5, 0.6) is 5.88 Å². The van der Waals surface area contributed by atoms with Crippen LogP contribution < -0.4 is 15.6 Å². The van der Waals surface area contributed by atoms with Crippen LogP contribution in [-0.2, 0) is 6.54 Å². The third-order valence-electron chi connectivity index (χ3n) is 2.34. The summed E-state index contributed by atoms with van der Waals surface area (Å²) in [5, 5.41) is 3.08. The normalized spacial score (nSPS) is 10.1. The van der Waals surface area contributed by atoms with Gasteiger partial charge >= 0.3 is 0 Å². The molecule has 0 fully saturated rings. The Balaban J connectivity index is 2.08. The zero-order valence-electron chi connectivity index (χ0n) is 10.2. The van der Waals surface area contributed by atoms with Crippen LogP contribution in [0.3, 0.4) is 0 Å². The number of aromatic nitrogens is 3. The summed E-state index contributed by atoms with van der Waals surface area (Å²) >= 11 is 0. The summed E-state index contributed by atoms with van der Waals surface area (Å²) in [5.74, 6) is 1.69. The molecule has 0 aliphatic carbocycles. The molecule has 0 atom stereocenters. The summed E-state index contributed by atoms with van der Waals surface area (Å²) in [6, 6.07) is 5.12. The Morgan fingerprint density at radius 2 is 2.28 bits per heavy atom. The number of anilines is 1. The Hall–Kier alpha value is -2.37. The second-order valence-corrected chi connectivity index (χ2v) is 3.78. The van der Waals surface area contributed by atoms with Gasteiger partial charge in [0.05, 0.1) is 7.11 Å². The second kappa shape index (κ2) is 5.31. The Morgan fingerprint density at radius 3 is 3.00 bits per heavy atom. The molecule has 2 rings (SSSR count). The molecule has 0 amide bonds. The van der Waals surface area contributed by atoms with Gasteiger partial charge in [-0.2, -0.15) is 0 Å². The predicted octanol–water partition coefficient (Wildman–Crippen LogP) is 1.09. The van der Waals surface area contributed by atoms with E-state index >= 15 is 0 Å². The minimum Gasteiger partial charge on any atom is -0.481 e. The van der Waals surface area contributed by atoms with Gasteiger partial charge < -0.3 is 15.0 Å². The number of nitrogens with one attached hydrogen (secondary N) is 2. The first-order valence-electron chi connectivity index (χ1n) is 5.48. The van der Waals surface area contributed by atoms with Gasteiger partial charge in [-0.1, -0.05) is 0 Å². The number of H-pyrrole nitrogens is 1. The lowest BCUT2D eigenvalue weighted by atomic mass is 10.2. The molecule has 0 radical (unpaired) electrons. The summed E-state index contributed by atoms with van der Waals surface area (Å²) in [5.41, 5.74) is 0.832. The maximum absolute atomic E-state index is 11.3. The first-order chi connectivity index (χ1) is 8.67. The monoisotopic (exact) mass is 246 g/mol. The average Bonchev–Trinajstić information content (AvgIpc) is 2.35. The number of nitrogens with zero attached hydrogens (tertiary/aromatic N) is 2. The van der Waals surface area contributed by atoms with E-state index in [0.29, 0.717) is 24.1 Å². The quantitative estimate of drug-likeness (QED) is 0.844. The fourth-order valence-corrected chi connectivity index (χ4v) is 1.53. The van der Waals surface area contributed by atoms with Crippen molar-refractivity contribution in [3.8, 4) is 5.88 Å². The maximum atomic E-state index is 11.3. The van der Waals surface area contributed by atoms with E-state index in [2.05, 4.69) is 20.3 Å². The van der Waals surface area contributed by atoms with Gasteiger partial charge in [-0.25, -0.2) is 9.97 Å². The topological polar surface area (TPSA) is 79.9 Å². The van der Waals surface area contributed by atoms with E-state index in [4.69, 9.17) is 4.74 Å². The lowest BCUT2D eigenvalue weighted by molar-refractivity contribution is 0.397. The summed E-state index contributed by atoms with van der Waals surface area (Å²) in [6.07, 6.45) is 1.67. The molecule has 2 aromatic rings. The van der Waals surface area contributed by atoms with Gasteiger partial charge in [-0.05, 0) is 18.6 Å². The molecular formula is C12H14N4O2. The van der Waals surface area contributed by atoms with Crippen molar-refractivity contribution in [2.75, 3.05) is 12.4 Å². The van der Waals surface area contributed by atoms with Crippen LogP contribution in [0.4, 0.5) is 5.82 Å². The number of hydrogen-bond acceptors (Lipinski definition) is 5. The van der Waals surface area contributed by atoms with E-state index in [9.17, 15) is 4.79 Å². The lowest BCUT2D eigenvalue weighted by Crippen LogP contribution is -2.11. The Morgan fingerprint density at radius 1 is 1.44 bits per heavy atom. The van der Waals surface area contributed by atoms with E-state index in [1.807, 2.05) is 12.1 Å². The van der Waals surface area contributed by atoms with Crippen molar-refractivity contribution in [1.29, 1.82) is 0 Å². The van der Waals surface area contributed by atoms with E-state index in [0.717, 1.165) is 5.56 Å². The number of pyridine rings is 1. The van der Waals surface area contributed by atoms with Gasteiger partial charge in [0.15, 0.2) is 0 Å². The van der Waals surface area contributed by atoms with Gasteiger partial charge in [0, 0.05) is 24.9 Å². The van der Waals surface area contributed by atoms with Gasteiger partial charge in [0.2, 0.25) is 5.88 Å². The molecule has 0 aliphatic rings. The Bertz CT molecular complexity index is 595. The highest BCUT2D eigenvalue weighted by Gasteiger charge is 2.00. The molecular weight excluding hydrogens is 232 g/mol. The van der Waals surface area contributed by atoms with Crippen LogP contribution in [0.25, 0.3) is 0 Å². The van der Waals surface area contributed by atoms with E-state index in [-0.39, 0.29) is 5.56 Å². The number of hydrogen-bond donors (Lipinski definition) is 2. The summed E-state index contributed by atoms with van der Waals surface area (Å²) in [7, 11) is 1.57. The number of rotatable bonds is 4. The lowest BCUT2D eigenvalue weighted by Gasteiger charge is -2.06. The fraction of sp³-hybridized carbons (Fsp3) is 0.250. The minimum absolute atomic E-state index is 0.169. The number of methoxy groups -OCH3 is 1. The SMILES string of the molecule is COc1cc(CNc2cc(=O)[nH]c(C)n2)ccn1. The first kappa shape index (κ1) is 12.1. The Kier molecular flexibility index (Phi) is 3.57. The molecule has 2 N–H and O–H groups in total. The van der Waals surface area contributed by atoms with Crippen molar-refractivity contribution in [2.24, 2.45) is 0 Å². The molecule has 0 aliphatic heterocycles.